The van der Waals surface area contributed by atoms with E-state index in [1.165, 1.54) is 55.2 Å². The van der Waals surface area contributed by atoms with E-state index in [9.17, 15) is 9.90 Å². The lowest BCUT2D eigenvalue weighted by Crippen LogP contribution is -2.07. The van der Waals surface area contributed by atoms with Gasteiger partial charge in [-0.05, 0) is 83.2 Å². The highest BCUT2D eigenvalue weighted by Gasteiger charge is 2.20. The molecule has 0 saturated heterocycles. The molecule has 0 spiro atoms. The SMILES string of the molecule is CCC[C@H](CC(=O)O)c1cccc(OCc2ccc(-c3cccc(OC)c3)c(C3CCCCCC3)c2)c1. The molecule has 3 aromatic rings. The molecule has 1 aliphatic rings. The molecule has 0 aliphatic heterocycles. The number of carboxylic acid groups (broad SMARTS) is 1. The summed E-state index contributed by atoms with van der Waals surface area (Å²) >= 11 is 0. The van der Waals surface area contributed by atoms with E-state index in [0.29, 0.717) is 12.5 Å². The normalized spacial score (nSPS) is 15.1. The van der Waals surface area contributed by atoms with E-state index in [2.05, 4.69) is 43.3 Å². The number of benzene rings is 3. The highest BCUT2D eigenvalue weighted by atomic mass is 16.5. The van der Waals surface area contributed by atoms with Crippen LogP contribution in [-0.2, 0) is 11.4 Å². The van der Waals surface area contributed by atoms with Crippen LogP contribution in [0.15, 0.2) is 66.7 Å². The molecule has 1 atom stereocenters. The molecular weight excluding hydrogens is 460 g/mol. The Bertz CT molecular complexity index is 1160. The summed E-state index contributed by atoms with van der Waals surface area (Å²) < 4.78 is 11.8. The molecular formula is C33H40O4. The quantitative estimate of drug-likeness (QED) is 0.267. The van der Waals surface area contributed by atoms with E-state index in [0.717, 1.165) is 35.5 Å². The van der Waals surface area contributed by atoms with Gasteiger partial charge in [0.2, 0.25) is 0 Å². The zero-order valence-electron chi connectivity index (χ0n) is 22.2. The maximum Gasteiger partial charge on any atom is 0.303 e. The van der Waals surface area contributed by atoms with Crippen molar-refractivity contribution in [3.63, 3.8) is 0 Å². The Labute approximate surface area is 221 Å². The first kappa shape index (κ1) is 26.8. The van der Waals surface area contributed by atoms with Crippen molar-refractivity contribution in [3.05, 3.63) is 83.4 Å². The van der Waals surface area contributed by atoms with Crippen molar-refractivity contribution < 1.29 is 19.4 Å². The van der Waals surface area contributed by atoms with Crippen LogP contribution >= 0.6 is 0 Å². The zero-order chi connectivity index (χ0) is 26.0. The van der Waals surface area contributed by atoms with Crippen molar-refractivity contribution in [2.45, 2.75) is 83.2 Å². The fourth-order valence-corrected chi connectivity index (χ4v) is 5.65. The first-order valence-corrected chi connectivity index (χ1v) is 13.8. The van der Waals surface area contributed by atoms with Crippen LogP contribution in [0.5, 0.6) is 11.5 Å². The van der Waals surface area contributed by atoms with Gasteiger partial charge in [0, 0.05) is 0 Å². The molecule has 1 saturated carbocycles. The average Bonchev–Trinajstić information content (AvgIpc) is 3.21. The van der Waals surface area contributed by atoms with Gasteiger partial charge in [-0.25, -0.2) is 0 Å². The lowest BCUT2D eigenvalue weighted by atomic mass is 9.85. The summed E-state index contributed by atoms with van der Waals surface area (Å²) in [5, 5.41) is 9.34. The molecule has 3 aromatic carbocycles. The van der Waals surface area contributed by atoms with E-state index in [1.807, 2.05) is 30.3 Å². The second kappa shape index (κ2) is 13.3. The van der Waals surface area contributed by atoms with Gasteiger partial charge in [0.1, 0.15) is 18.1 Å². The van der Waals surface area contributed by atoms with Gasteiger partial charge in [-0.2, -0.15) is 0 Å². The Balaban J connectivity index is 1.57. The Morgan fingerprint density at radius 2 is 1.70 bits per heavy atom. The molecule has 0 heterocycles. The summed E-state index contributed by atoms with van der Waals surface area (Å²) in [6.07, 6.45) is 9.62. The number of ether oxygens (including phenoxy) is 2. The third kappa shape index (κ3) is 7.38. The second-order valence-corrected chi connectivity index (χ2v) is 10.3. The van der Waals surface area contributed by atoms with Gasteiger partial charge >= 0.3 is 5.97 Å². The summed E-state index contributed by atoms with van der Waals surface area (Å²) in [5.41, 5.74) is 6.09. The van der Waals surface area contributed by atoms with E-state index in [4.69, 9.17) is 9.47 Å². The molecule has 4 nitrogen and oxygen atoms in total. The van der Waals surface area contributed by atoms with E-state index in [-0.39, 0.29) is 12.3 Å². The molecule has 196 valence electrons. The van der Waals surface area contributed by atoms with E-state index in [1.54, 1.807) is 7.11 Å². The summed E-state index contributed by atoms with van der Waals surface area (Å²) in [4.78, 5) is 11.4. The Morgan fingerprint density at radius 1 is 0.946 bits per heavy atom. The molecule has 0 unspecified atom stereocenters. The molecule has 1 N–H and O–H groups in total. The Hall–Kier alpha value is -3.27. The lowest BCUT2D eigenvalue weighted by molar-refractivity contribution is -0.137. The molecule has 4 heteroatoms. The van der Waals surface area contributed by atoms with Gasteiger partial charge in [-0.15, -0.1) is 0 Å². The number of methoxy groups -OCH3 is 1. The van der Waals surface area contributed by atoms with Crippen molar-refractivity contribution in [2.75, 3.05) is 7.11 Å². The fourth-order valence-electron chi connectivity index (χ4n) is 5.65. The second-order valence-electron chi connectivity index (χ2n) is 10.3. The van der Waals surface area contributed by atoms with Crippen LogP contribution in [0.1, 0.15) is 93.2 Å². The van der Waals surface area contributed by atoms with Gasteiger partial charge in [0.05, 0.1) is 13.5 Å². The summed E-state index contributed by atoms with van der Waals surface area (Å²) in [7, 11) is 1.72. The minimum absolute atomic E-state index is 0.00929. The molecule has 1 aliphatic carbocycles. The zero-order valence-corrected chi connectivity index (χ0v) is 22.2. The number of carbonyl (C=O) groups is 1. The van der Waals surface area contributed by atoms with Crippen molar-refractivity contribution in [1.29, 1.82) is 0 Å². The minimum Gasteiger partial charge on any atom is -0.497 e. The summed E-state index contributed by atoms with van der Waals surface area (Å²) in [5.74, 6) is 1.47. The van der Waals surface area contributed by atoms with E-state index >= 15 is 0 Å². The number of carboxylic acids is 1. The van der Waals surface area contributed by atoms with Gasteiger partial charge < -0.3 is 14.6 Å². The van der Waals surface area contributed by atoms with Crippen molar-refractivity contribution >= 4 is 5.97 Å². The van der Waals surface area contributed by atoms with Crippen LogP contribution < -0.4 is 9.47 Å². The van der Waals surface area contributed by atoms with Gasteiger partial charge in [-0.1, -0.05) is 81.5 Å². The number of hydrogen-bond acceptors (Lipinski definition) is 3. The number of aliphatic carboxylic acids is 1. The Morgan fingerprint density at radius 3 is 2.43 bits per heavy atom. The molecule has 4 rings (SSSR count). The maximum atomic E-state index is 11.4. The third-order valence-electron chi connectivity index (χ3n) is 7.58. The molecule has 37 heavy (non-hydrogen) atoms. The fraction of sp³-hybridized carbons (Fsp3) is 0.424. The van der Waals surface area contributed by atoms with Crippen LogP contribution in [-0.4, -0.2) is 18.2 Å². The van der Waals surface area contributed by atoms with Crippen LogP contribution in [0.3, 0.4) is 0 Å². The van der Waals surface area contributed by atoms with E-state index < -0.39 is 5.97 Å². The summed E-state index contributed by atoms with van der Waals surface area (Å²) in [6, 6.07) is 23.1. The van der Waals surface area contributed by atoms with Crippen LogP contribution in [0.2, 0.25) is 0 Å². The van der Waals surface area contributed by atoms with Gasteiger partial charge in [-0.3, -0.25) is 4.79 Å². The first-order chi connectivity index (χ1) is 18.1. The smallest absolute Gasteiger partial charge is 0.303 e. The van der Waals surface area contributed by atoms with Crippen molar-refractivity contribution in [1.82, 2.24) is 0 Å². The van der Waals surface area contributed by atoms with Crippen molar-refractivity contribution in [3.8, 4) is 22.6 Å². The topological polar surface area (TPSA) is 55.8 Å². The molecule has 1 fully saturated rings. The Kier molecular flexibility index (Phi) is 9.65. The predicted octanol–water partition coefficient (Wildman–Crippen LogP) is 8.74. The molecule has 0 amide bonds. The van der Waals surface area contributed by atoms with Crippen LogP contribution in [0, 0.1) is 0 Å². The van der Waals surface area contributed by atoms with Crippen LogP contribution in [0.4, 0.5) is 0 Å². The minimum atomic E-state index is -0.757. The number of hydrogen-bond donors (Lipinski definition) is 1. The maximum absolute atomic E-state index is 11.4. The largest absolute Gasteiger partial charge is 0.497 e. The lowest BCUT2D eigenvalue weighted by Gasteiger charge is -2.21. The van der Waals surface area contributed by atoms with Crippen LogP contribution in [0.25, 0.3) is 11.1 Å². The molecule has 0 bridgehead atoms. The standard InChI is InChI=1S/C33H40O4/c1-3-10-26(22-33(34)35)27-13-8-16-30(20-27)37-23-24-17-18-31(28-14-9-15-29(21-28)36-2)32(19-24)25-11-6-4-5-7-12-25/h8-9,13-21,25-26H,3-7,10-12,22-23H2,1-2H3,(H,34,35)/t26-/m1/s1. The number of rotatable bonds is 11. The first-order valence-electron chi connectivity index (χ1n) is 13.8. The average molecular weight is 501 g/mol. The van der Waals surface area contributed by atoms with Crippen molar-refractivity contribution in [2.24, 2.45) is 0 Å². The highest BCUT2D eigenvalue weighted by Crippen LogP contribution is 2.39. The van der Waals surface area contributed by atoms with Gasteiger partial charge in [0.25, 0.3) is 0 Å². The molecule has 0 aromatic heterocycles. The highest BCUT2D eigenvalue weighted by molar-refractivity contribution is 5.70. The summed E-state index contributed by atoms with van der Waals surface area (Å²) in [6.45, 7) is 2.58. The third-order valence-corrected chi connectivity index (χ3v) is 7.58. The molecule has 0 radical (unpaired) electrons. The van der Waals surface area contributed by atoms with Gasteiger partial charge in [0.15, 0.2) is 0 Å². The monoisotopic (exact) mass is 500 g/mol. The predicted molar refractivity (Wildman–Crippen MR) is 150 cm³/mol.